The van der Waals surface area contributed by atoms with Crippen molar-refractivity contribution in [2.24, 2.45) is 0 Å². The summed E-state index contributed by atoms with van der Waals surface area (Å²) in [5, 5.41) is 5.12. The van der Waals surface area contributed by atoms with Gasteiger partial charge in [0.25, 0.3) is 0 Å². The normalized spacial score (nSPS) is 11.1. The zero-order chi connectivity index (χ0) is 32.5. The van der Waals surface area contributed by atoms with Crippen LogP contribution in [0.3, 0.4) is 0 Å². The molecule has 0 saturated carbocycles. The minimum atomic E-state index is 1.14. The van der Waals surface area contributed by atoms with Crippen molar-refractivity contribution in [3.63, 3.8) is 0 Å². The zero-order valence-corrected chi connectivity index (χ0v) is 27.6. The largest absolute Gasteiger partial charge is 0.309 e. The Hall–Kier alpha value is -5.90. The van der Waals surface area contributed by atoms with Gasteiger partial charge in [-0.1, -0.05) is 115 Å². The Bertz CT molecular complexity index is 2470. The molecule has 0 aliphatic rings. The smallest absolute Gasteiger partial charge is 0.0640 e. The number of anilines is 3. The van der Waals surface area contributed by atoms with E-state index in [0.717, 1.165) is 11.4 Å². The number of nitrogens with zero attached hydrogens (tertiary/aromatic N) is 2. The van der Waals surface area contributed by atoms with Gasteiger partial charge in [0.1, 0.15) is 0 Å². The Labute approximate surface area is 285 Å². The molecule has 230 valence electrons. The molecule has 0 atom stereocenters. The number of rotatable bonds is 5. The van der Waals surface area contributed by atoms with Crippen LogP contribution in [0.4, 0.5) is 17.1 Å². The first-order valence-electron chi connectivity index (χ1n) is 16.3. The van der Waals surface area contributed by atoms with E-state index in [1.165, 1.54) is 64.5 Å². The van der Waals surface area contributed by atoms with E-state index in [9.17, 15) is 0 Å². The Morgan fingerprint density at radius 3 is 1.73 bits per heavy atom. The predicted octanol–water partition coefficient (Wildman–Crippen LogP) is 13.5. The lowest BCUT2D eigenvalue weighted by atomic mass is 10.0. The summed E-state index contributed by atoms with van der Waals surface area (Å²) < 4.78 is 4.97. The van der Waals surface area contributed by atoms with Crippen LogP contribution in [-0.2, 0) is 0 Å². The molecule has 2 nitrogen and oxygen atoms in total. The highest BCUT2D eigenvalue weighted by molar-refractivity contribution is 7.26. The van der Waals surface area contributed by atoms with Crippen molar-refractivity contribution in [2.75, 3.05) is 4.90 Å². The second-order valence-electron chi connectivity index (χ2n) is 11.8. The zero-order valence-electron chi connectivity index (χ0n) is 26.8. The van der Waals surface area contributed by atoms with E-state index >= 15 is 0 Å². The molecule has 0 aliphatic carbocycles. The third-order valence-corrected chi connectivity index (χ3v) is 9.99. The first kappa shape index (κ1) is 29.5. The second-order valence-corrected chi connectivity index (χ2v) is 12.9. The quantitative estimate of drug-likeness (QED) is 0.171. The average Bonchev–Trinajstić information content (AvgIpc) is 3.69. The van der Waals surface area contributed by atoms with E-state index in [1.807, 2.05) is 18.3 Å². The minimum Gasteiger partial charge on any atom is -0.309 e. The highest BCUT2D eigenvalue weighted by Gasteiger charge is 2.19. The monoisotopic (exact) mass is 634 g/mol. The molecular formula is C45H34N2S. The molecule has 9 aromatic rings. The van der Waals surface area contributed by atoms with Gasteiger partial charge in [-0.2, -0.15) is 0 Å². The molecule has 2 aromatic heterocycles. The van der Waals surface area contributed by atoms with Crippen LogP contribution in [0.1, 0.15) is 6.92 Å². The summed E-state index contributed by atoms with van der Waals surface area (Å²) in [7, 11) is 0. The summed E-state index contributed by atoms with van der Waals surface area (Å²) >= 11 is 1.87. The van der Waals surface area contributed by atoms with Crippen LogP contribution in [-0.4, -0.2) is 4.57 Å². The fraction of sp³-hybridized carbons (Fsp3) is 0.0222. The van der Waals surface area contributed by atoms with Crippen LogP contribution in [0.15, 0.2) is 183 Å². The molecule has 9 rings (SSSR count). The molecule has 0 aliphatic heterocycles. The fourth-order valence-corrected chi connectivity index (χ4v) is 7.91. The average molecular weight is 635 g/mol. The molecule has 2 heterocycles. The van der Waals surface area contributed by atoms with Gasteiger partial charge in [0, 0.05) is 43.3 Å². The van der Waals surface area contributed by atoms with Crippen molar-refractivity contribution in [3.05, 3.63) is 183 Å². The number of hydrogen-bond donors (Lipinski definition) is 0. The number of benzene rings is 7. The van der Waals surface area contributed by atoms with Gasteiger partial charge in [-0.25, -0.2) is 0 Å². The molecule has 0 amide bonds. The number of para-hydroxylation sites is 3. The van der Waals surface area contributed by atoms with Gasteiger partial charge >= 0.3 is 0 Å². The van der Waals surface area contributed by atoms with E-state index in [1.54, 1.807) is 6.08 Å². The Balaban J connectivity index is 0.00000108. The number of fused-ring (bicyclic) bond motifs is 6. The van der Waals surface area contributed by atoms with Gasteiger partial charge in [0.05, 0.1) is 21.4 Å². The minimum absolute atomic E-state index is 1.14. The summed E-state index contributed by atoms with van der Waals surface area (Å²) in [6.45, 7) is 5.25. The third-order valence-electron chi connectivity index (χ3n) is 8.79. The van der Waals surface area contributed by atoms with Gasteiger partial charge in [0.15, 0.2) is 0 Å². The summed E-state index contributed by atoms with van der Waals surface area (Å²) in [5.74, 6) is 0. The van der Waals surface area contributed by atoms with E-state index in [2.05, 4.69) is 186 Å². The van der Waals surface area contributed by atoms with Crippen LogP contribution < -0.4 is 4.90 Å². The van der Waals surface area contributed by atoms with Crippen LogP contribution in [0.25, 0.3) is 58.8 Å². The second kappa shape index (κ2) is 12.7. The molecule has 3 heteroatoms. The van der Waals surface area contributed by atoms with E-state index in [-0.39, 0.29) is 0 Å². The van der Waals surface area contributed by atoms with Crippen molar-refractivity contribution < 1.29 is 0 Å². The Kier molecular flexibility index (Phi) is 7.81. The first-order chi connectivity index (χ1) is 23.7. The molecule has 0 unspecified atom stereocenters. The predicted molar refractivity (Wildman–Crippen MR) is 210 cm³/mol. The third kappa shape index (κ3) is 5.15. The number of aromatic nitrogens is 1. The maximum atomic E-state index is 3.36. The van der Waals surface area contributed by atoms with Gasteiger partial charge in [-0.05, 0) is 78.7 Å². The molecule has 0 spiro atoms. The van der Waals surface area contributed by atoms with Crippen molar-refractivity contribution in [2.45, 2.75) is 6.92 Å². The Morgan fingerprint density at radius 2 is 1.06 bits per heavy atom. The van der Waals surface area contributed by atoms with E-state index in [0.29, 0.717) is 0 Å². The molecule has 0 radical (unpaired) electrons. The van der Waals surface area contributed by atoms with Crippen LogP contribution >= 0.6 is 11.3 Å². The molecule has 0 bridgehead atoms. The highest BCUT2D eigenvalue weighted by atomic mass is 32.1. The number of allylic oxidation sites excluding steroid dienone is 1. The molecule has 48 heavy (non-hydrogen) atoms. The van der Waals surface area contributed by atoms with Gasteiger partial charge in [0.2, 0.25) is 0 Å². The van der Waals surface area contributed by atoms with Gasteiger partial charge in [-0.15, -0.1) is 17.9 Å². The van der Waals surface area contributed by atoms with Crippen LogP contribution in [0.2, 0.25) is 0 Å². The molecule has 0 N–H and O–H groups in total. The lowest BCUT2D eigenvalue weighted by Crippen LogP contribution is -2.09. The van der Waals surface area contributed by atoms with E-state index in [4.69, 9.17) is 0 Å². The van der Waals surface area contributed by atoms with Gasteiger partial charge in [-0.3, -0.25) is 0 Å². The molecule has 7 aromatic carbocycles. The maximum Gasteiger partial charge on any atom is 0.0640 e. The first-order valence-corrected chi connectivity index (χ1v) is 17.1. The SMILES string of the molecule is C=CC.c1ccc(-c2ccc(N(c3ccccc3)c3cccc4c3sc3ccc(-n5c6ccccc6c6ccccc65)cc34)cc2)cc1. The molecular weight excluding hydrogens is 601 g/mol. The van der Waals surface area contributed by atoms with Crippen molar-refractivity contribution in [1.82, 2.24) is 4.57 Å². The fourth-order valence-electron chi connectivity index (χ4n) is 6.73. The molecule has 0 saturated heterocycles. The van der Waals surface area contributed by atoms with Crippen molar-refractivity contribution in [3.8, 4) is 16.8 Å². The number of thiophene rings is 1. The van der Waals surface area contributed by atoms with Gasteiger partial charge < -0.3 is 9.47 Å². The lowest BCUT2D eigenvalue weighted by molar-refractivity contribution is 1.19. The van der Waals surface area contributed by atoms with Crippen LogP contribution in [0.5, 0.6) is 0 Å². The van der Waals surface area contributed by atoms with Crippen molar-refractivity contribution in [1.29, 1.82) is 0 Å². The standard InChI is InChI=1S/C42H28N2S.C3H6/c1-3-12-29(13-4-1)30-22-24-32(25-23-30)43(31-14-5-2-6-15-31)40-21-11-18-36-37-28-33(26-27-41(37)45-42(36)40)44-38-19-9-7-16-34(38)35-17-8-10-20-39(35)44;1-3-2/h1-28H;3H,1H2,2H3. The maximum absolute atomic E-state index is 3.36. The highest BCUT2D eigenvalue weighted by Crippen LogP contribution is 2.45. The van der Waals surface area contributed by atoms with Crippen molar-refractivity contribution >= 4 is 70.4 Å². The topological polar surface area (TPSA) is 8.17 Å². The van der Waals surface area contributed by atoms with Crippen LogP contribution in [0, 0.1) is 0 Å². The summed E-state index contributed by atoms with van der Waals surface area (Å²) in [6.07, 6.45) is 1.75. The summed E-state index contributed by atoms with van der Waals surface area (Å²) in [6, 6.07) is 61.3. The molecule has 0 fully saturated rings. The lowest BCUT2D eigenvalue weighted by Gasteiger charge is -2.26. The summed E-state index contributed by atoms with van der Waals surface area (Å²) in [4.78, 5) is 2.39. The Morgan fingerprint density at radius 1 is 0.521 bits per heavy atom. The van der Waals surface area contributed by atoms with E-state index < -0.39 is 0 Å². The summed E-state index contributed by atoms with van der Waals surface area (Å²) in [5.41, 5.74) is 9.54. The number of hydrogen-bond acceptors (Lipinski definition) is 2.